The molecular formula is C24H28ClN5O. The molecule has 0 saturated carbocycles. The van der Waals surface area contributed by atoms with Crippen LogP contribution in [0.4, 0.5) is 5.69 Å². The van der Waals surface area contributed by atoms with E-state index in [1.54, 1.807) is 24.3 Å². The molecule has 0 aliphatic carbocycles. The maximum atomic E-state index is 12.8. The van der Waals surface area contributed by atoms with Gasteiger partial charge >= 0.3 is 0 Å². The van der Waals surface area contributed by atoms with Crippen LogP contribution in [-0.2, 0) is 13.1 Å². The molecule has 0 radical (unpaired) electrons. The minimum Gasteiger partial charge on any atom is -0.326 e. The van der Waals surface area contributed by atoms with Gasteiger partial charge in [-0.25, -0.2) is 4.99 Å². The summed E-state index contributed by atoms with van der Waals surface area (Å²) in [7, 11) is 0. The van der Waals surface area contributed by atoms with Gasteiger partial charge in [-0.3, -0.25) is 14.8 Å². The first-order chi connectivity index (χ1) is 14.8. The second-order valence-corrected chi connectivity index (χ2v) is 8.07. The zero-order chi connectivity index (χ0) is 22.4. The summed E-state index contributed by atoms with van der Waals surface area (Å²) in [4.78, 5) is 17.4. The van der Waals surface area contributed by atoms with Crippen LogP contribution in [0.1, 0.15) is 46.1 Å². The number of rotatable bonds is 6. The summed E-state index contributed by atoms with van der Waals surface area (Å²) in [5.41, 5.74) is 5.59. The SMILES string of the molecule is CCCn1cc(CN=C(NC(=O)c2ccc(Cl)cc2)Nc2cc(C)cc(C)c2)c(C)n1. The zero-order valence-corrected chi connectivity index (χ0v) is 19.1. The van der Waals surface area contributed by atoms with Crippen molar-refractivity contribution >= 4 is 29.2 Å². The fraction of sp³-hybridized carbons (Fsp3) is 0.292. The molecule has 3 rings (SSSR count). The molecule has 0 saturated heterocycles. The van der Waals surface area contributed by atoms with Gasteiger partial charge in [-0.1, -0.05) is 24.6 Å². The lowest BCUT2D eigenvalue weighted by Gasteiger charge is -2.13. The van der Waals surface area contributed by atoms with Gasteiger partial charge in [0, 0.05) is 34.6 Å². The first kappa shape index (κ1) is 22.6. The first-order valence-electron chi connectivity index (χ1n) is 10.3. The monoisotopic (exact) mass is 437 g/mol. The fourth-order valence-corrected chi connectivity index (χ4v) is 3.42. The standard InChI is InChI=1S/C24H28ClN5O/c1-5-10-30-15-20(18(4)29-30)14-26-24(27-22-12-16(2)11-17(3)13-22)28-23(31)19-6-8-21(25)9-7-19/h6-9,11-13,15H,5,10,14H2,1-4H3,(H2,26,27,28,31). The fourth-order valence-electron chi connectivity index (χ4n) is 3.30. The van der Waals surface area contributed by atoms with Crippen molar-refractivity contribution in [3.05, 3.63) is 81.6 Å². The highest BCUT2D eigenvalue weighted by Gasteiger charge is 2.11. The highest BCUT2D eigenvalue weighted by atomic mass is 35.5. The third-order valence-electron chi connectivity index (χ3n) is 4.73. The first-order valence-corrected chi connectivity index (χ1v) is 10.7. The molecule has 0 atom stereocenters. The Morgan fingerprint density at radius 3 is 2.42 bits per heavy atom. The number of amides is 1. The molecule has 0 fully saturated rings. The molecule has 0 aliphatic heterocycles. The van der Waals surface area contributed by atoms with Crippen LogP contribution in [0.25, 0.3) is 0 Å². The van der Waals surface area contributed by atoms with Crippen LogP contribution in [0.5, 0.6) is 0 Å². The summed E-state index contributed by atoms with van der Waals surface area (Å²) in [6, 6.07) is 12.9. The lowest BCUT2D eigenvalue weighted by molar-refractivity contribution is 0.0977. The van der Waals surface area contributed by atoms with Crippen molar-refractivity contribution in [3.63, 3.8) is 0 Å². The molecule has 0 spiro atoms. The summed E-state index contributed by atoms with van der Waals surface area (Å²) in [6.45, 7) is 9.43. The second-order valence-electron chi connectivity index (χ2n) is 7.63. The predicted molar refractivity (Wildman–Crippen MR) is 127 cm³/mol. The molecule has 0 unspecified atom stereocenters. The normalized spacial score (nSPS) is 11.5. The molecule has 0 aliphatic rings. The minimum atomic E-state index is -0.259. The number of halogens is 1. The summed E-state index contributed by atoms with van der Waals surface area (Å²) < 4.78 is 1.93. The number of carbonyl (C=O) groups excluding carboxylic acids is 1. The van der Waals surface area contributed by atoms with Crippen LogP contribution >= 0.6 is 11.6 Å². The lowest BCUT2D eigenvalue weighted by Crippen LogP contribution is -2.36. The summed E-state index contributed by atoms with van der Waals surface area (Å²) >= 11 is 5.94. The van der Waals surface area contributed by atoms with Crippen LogP contribution in [0, 0.1) is 20.8 Å². The van der Waals surface area contributed by atoms with E-state index < -0.39 is 0 Å². The van der Waals surface area contributed by atoms with Gasteiger partial charge in [0.25, 0.3) is 5.91 Å². The Bertz CT molecular complexity index is 1070. The van der Waals surface area contributed by atoms with E-state index in [0.29, 0.717) is 23.1 Å². The van der Waals surface area contributed by atoms with E-state index >= 15 is 0 Å². The molecule has 3 aromatic rings. The molecule has 7 heteroatoms. The average molecular weight is 438 g/mol. The van der Waals surface area contributed by atoms with Crippen molar-refractivity contribution in [2.24, 2.45) is 4.99 Å². The van der Waals surface area contributed by atoms with Gasteiger partial charge in [0.1, 0.15) is 0 Å². The van der Waals surface area contributed by atoms with E-state index in [2.05, 4.69) is 33.7 Å². The smallest absolute Gasteiger partial charge is 0.257 e. The summed E-state index contributed by atoms with van der Waals surface area (Å²) in [6.07, 6.45) is 3.03. The Balaban J connectivity index is 1.84. The van der Waals surface area contributed by atoms with Crippen LogP contribution < -0.4 is 10.6 Å². The third-order valence-corrected chi connectivity index (χ3v) is 4.98. The van der Waals surface area contributed by atoms with Gasteiger partial charge in [-0.2, -0.15) is 5.10 Å². The largest absolute Gasteiger partial charge is 0.326 e. The Morgan fingerprint density at radius 2 is 1.77 bits per heavy atom. The van der Waals surface area contributed by atoms with Crippen molar-refractivity contribution in [2.45, 2.75) is 47.2 Å². The number of anilines is 1. The number of benzene rings is 2. The maximum absolute atomic E-state index is 12.8. The predicted octanol–water partition coefficient (Wildman–Crippen LogP) is 5.27. The number of hydrogen-bond acceptors (Lipinski definition) is 3. The Morgan fingerprint density at radius 1 is 1.10 bits per heavy atom. The molecule has 2 aromatic carbocycles. The molecular weight excluding hydrogens is 410 g/mol. The summed E-state index contributed by atoms with van der Waals surface area (Å²) in [5, 5.41) is 11.3. The van der Waals surface area contributed by atoms with Gasteiger partial charge < -0.3 is 5.32 Å². The summed E-state index contributed by atoms with van der Waals surface area (Å²) in [5.74, 6) is 0.123. The topological polar surface area (TPSA) is 71.3 Å². The molecule has 31 heavy (non-hydrogen) atoms. The average Bonchev–Trinajstić information content (AvgIpc) is 3.05. The van der Waals surface area contributed by atoms with Crippen molar-refractivity contribution in [1.29, 1.82) is 0 Å². The quantitative estimate of drug-likeness (QED) is 0.407. The van der Waals surface area contributed by atoms with E-state index in [-0.39, 0.29) is 5.91 Å². The van der Waals surface area contributed by atoms with Crippen molar-refractivity contribution in [3.8, 4) is 0 Å². The van der Waals surface area contributed by atoms with Crippen molar-refractivity contribution < 1.29 is 4.79 Å². The van der Waals surface area contributed by atoms with E-state index in [4.69, 9.17) is 11.6 Å². The van der Waals surface area contributed by atoms with E-state index in [9.17, 15) is 4.79 Å². The Labute approximate surface area is 188 Å². The molecule has 162 valence electrons. The van der Waals surface area contributed by atoms with Gasteiger partial charge in [0.2, 0.25) is 5.96 Å². The highest BCUT2D eigenvalue weighted by molar-refractivity contribution is 6.30. The van der Waals surface area contributed by atoms with E-state index in [1.807, 2.05) is 43.8 Å². The van der Waals surface area contributed by atoms with Gasteiger partial charge in [-0.15, -0.1) is 0 Å². The second kappa shape index (κ2) is 10.3. The molecule has 1 aromatic heterocycles. The minimum absolute atomic E-state index is 0.259. The number of aryl methyl sites for hydroxylation is 4. The van der Waals surface area contributed by atoms with Gasteiger partial charge in [-0.05, 0) is 74.7 Å². The molecule has 0 bridgehead atoms. The molecule has 1 heterocycles. The zero-order valence-electron chi connectivity index (χ0n) is 18.4. The number of aromatic nitrogens is 2. The lowest BCUT2D eigenvalue weighted by atomic mass is 10.1. The number of nitrogens with zero attached hydrogens (tertiary/aromatic N) is 3. The van der Waals surface area contributed by atoms with Crippen LogP contribution in [0.15, 0.2) is 53.7 Å². The molecule has 1 amide bonds. The van der Waals surface area contributed by atoms with Crippen LogP contribution in [0.3, 0.4) is 0 Å². The number of aliphatic imine (C=N–C) groups is 1. The Hall–Kier alpha value is -3.12. The Kier molecular flexibility index (Phi) is 7.47. The molecule has 2 N–H and O–H groups in total. The maximum Gasteiger partial charge on any atom is 0.257 e. The number of guanidine groups is 1. The van der Waals surface area contributed by atoms with Gasteiger partial charge in [0.15, 0.2) is 0 Å². The number of carbonyl (C=O) groups is 1. The highest BCUT2D eigenvalue weighted by Crippen LogP contribution is 2.15. The van der Waals surface area contributed by atoms with E-state index in [0.717, 1.165) is 41.0 Å². The van der Waals surface area contributed by atoms with Gasteiger partial charge in [0.05, 0.1) is 12.2 Å². The van der Waals surface area contributed by atoms with Crippen molar-refractivity contribution in [1.82, 2.24) is 15.1 Å². The molecule has 6 nitrogen and oxygen atoms in total. The van der Waals surface area contributed by atoms with Crippen LogP contribution in [0.2, 0.25) is 5.02 Å². The van der Waals surface area contributed by atoms with Crippen LogP contribution in [-0.4, -0.2) is 21.6 Å². The number of nitrogens with one attached hydrogen (secondary N) is 2. The number of hydrogen-bond donors (Lipinski definition) is 2. The van der Waals surface area contributed by atoms with E-state index in [1.165, 1.54) is 0 Å². The third kappa shape index (κ3) is 6.43. The van der Waals surface area contributed by atoms with Crippen molar-refractivity contribution in [2.75, 3.05) is 5.32 Å².